The Labute approximate surface area is 94.3 Å². The molecule has 0 bridgehead atoms. The summed E-state index contributed by atoms with van der Waals surface area (Å²) < 4.78 is 5.37. The maximum atomic E-state index is 11.6. The SMILES string of the molecule is C=CCN1C(=O)COc2cc(CN)ccc21. The van der Waals surface area contributed by atoms with E-state index in [0.29, 0.717) is 18.8 Å². The molecule has 0 atom stereocenters. The van der Waals surface area contributed by atoms with Gasteiger partial charge in [0.15, 0.2) is 6.61 Å². The van der Waals surface area contributed by atoms with Gasteiger partial charge in [-0.1, -0.05) is 12.1 Å². The van der Waals surface area contributed by atoms with E-state index < -0.39 is 0 Å². The molecule has 16 heavy (non-hydrogen) atoms. The normalized spacial score (nSPS) is 14.3. The predicted molar refractivity (Wildman–Crippen MR) is 62.4 cm³/mol. The third-order valence-corrected chi connectivity index (χ3v) is 2.51. The van der Waals surface area contributed by atoms with Gasteiger partial charge in [0.25, 0.3) is 5.91 Å². The number of hydrogen-bond donors (Lipinski definition) is 1. The predicted octanol–water partition coefficient (Wildman–Crippen LogP) is 1.06. The number of anilines is 1. The van der Waals surface area contributed by atoms with Gasteiger partial charge < -0.3 is 15.4 Å². The number of nitrogens with two attached hydrogens (primary N) is 1. The van der Waals surface area contributed by atoms with Crippen molar-refractivity contribution in [3.63, 3.8) is 0 Å². The van der Waals surface area contributed by atoms with Gasteiger partial charge in [0, 0.05) is 13.1 Å². The lowest BCUT2D eigenvalue weighted by Crippen LogP contribution is -2.38. The van der Waals surface area contributed by atoms with Gasteiger partial charge in [0.1, 0.15) is 5.75 Å². The van der Waals surface area contributed by atoms with E-state index in [0.717, 1.165) is 11.3 Å². The molecule has 1 heterocycles. The second kappa shape index (κ2) is 4.37. The molecule has 1 aromatic carbocycles. The highest BCUT2D eigenvalue weighted by atomic mass is 16.5. The lowest BCUT2D eigenvalue weighted by molar-refractivity contribution is -0.121. The van der Waals surface area contributed by atoms with Crippen LogP contribution in [0.2, 0.25) is 0 Å². The molecule has 0 radical (unpaired) electrons. The number of carbonyl (C=O) groups excluding carboxylic acids is 1. The van der Waals surface area contributed by atoms with Crippen LogP contribution in [0.1, 0.15) is 5.56 Å². The molecule has 0 spiro atoms. The molecule has 2 N–H and O–H groups in total. The zero-order chi connectivity index (χ0) is 11.5. The average Bonchev–Trinajstić information content (AvgIpc) is 2.32. The highest BCUT2D eigenvalue weighted by Crippen LogP contribution is 2.32. The number of hydrogen-bond acceptors (Lipinski definition) is 3. The van der Waals surface area contributed by atoms with Crippen molar-refractivity contribution in [2.75, 3.05) is 18.1 Å². The minimum Gasteiger partial charge on any atom is -0.482 e. The van der Waals surface area contributed by atoms with E-state index in [2.05, 4.69) is 6.58 Å². The zero-order valence-corrected chi connectivity index (χ0v) is 8.98. The molecule has 4 heteroatoms. The largest absolute Gasteiger partial charge is 0.482 e. The Bertz CT molecular complexity index is 429. The number of ether oxygens (including phenoxy) is 1. The molecular weight excluding hydrogens is 204 g/mol. The van der Waals surface area contributed by atoms with Crippen LogP contribution in [-0.4, -0.2) is 19.1 Å². The summed E-state index contributed by atoms with van der Waals surface area (Å²) in [5.41, 5.74) is 7.33. The number of nitrogens with zero attached hydrogens (tertiary/aromatic N) is 1. The number of benzene rings is 1. The van der Waals surface area contributed by atoms with Crippen molar-refractivity contribution in [1.29, 1.82) is 0 Å². The second-order valence-electron chi connectivity index (χ2n) is 3.59. The molecular formula is C12H14N2O2. The Morgan fingerprint density at radius 3 is 3.06 bits per heavy atom. The monoisotopic (exact) mass is 218 g/mol. The van der Waals surface area contributed by atoms with Crippen molar-refractivity contribution >= 4 is 11.6 Å². The third-order valence-electron chi connectivity index (χ3n) is 2.51. The van der Waals surface area contributed by atoms with Gasteiger partial charge in [-0.25, -0.2) is 0 Å². The van der Waals surface area contributed by atoms with Crippen molar-refractivity contribution in [2.24, 2.45) is 5.73 Å². The zero-order valence-electron chi connectivity index (χ0n) is 8.98. The summed E-state index contributed by atoms with van der Waals surface area (Å²) >= 11 is 0. The molecule has 1 amide bonds. The van der Waals surface area contributed by atoms with Crippen LogP contribution in [0.15, 0.2) is 30.9 Å². The van der Waals surface area contributed by atoms with Gasteiger partial charge >= 0.3 is 0 Å². The Morgan fingerprint density at radius 2 is 2.38 bits per heavy atom. The fourth-order valence-corrected chi connectivity index (χ4v) is 1.71. The van der Waals surface area contributed by atoms with Crippen molar-refractivity contribution in [3.05, 3.63) is 36.4 Å². The fraction of sp³-hybridized carbons (Fsp3) is 0.250. The first-order valence-electron chi connectivity index (χ1n) is 5.13. The van der Waals surface area contributed by atoms with E-state index in [1.54, 1.807) is 11.0 Å². The van der Waals surface area contributed by atoms with Crippen LogP contribution in [0.25, 0.3) is 0 Å². The highest BCUT2D eigenvalue weighted by molar-refractivity contribution is 5.98. The first-order valence-corrected chi connectivity index (χ1v) is 5.13. The summed E-state index contributed by atoms with van der Waals surface area (Å²) in [5.74, 6) is 0.664. The number of amides is 1. The highest BCUT2D eigenvalue weighted by Gasteiger charge is 2.24. The van der Waals surface area contributed by atoms with Crippen molar-refractivity contribution in [3.8, 4) is 5.75 Å². The van der Waals surface area contributed by atoms with E-state index in [-0.39, 0.29) is 12.5 Å². The van der Waals surface area contributed by atoms with Crippen LogP contribution < -0.4 is 15.4 Å². The van der Waals surface area contributed by atoms with Gasteiger partial charge in [-0.2, -0.15) is 0 Å². The molecule has 0 unspecified atom stereocenters. The average molecular weight is 218 g/mol. The summed E-state index contributed by atoms with van der Waals surface area (Å²) in [6.45, 7) is 4.68. The fourth-order valence-electron chi connectivity index (χ4n) is 1.71. The molecule has 1 aliphatic rings. The van der Waals surface area contributed by atoms with Gasteiger partial charge in [0.2, 0.25) is 0 Å². The topological polar surface area (TPSA) is 55.6 Å². The Morgan fingerprint density at radius 1 is 1.56 bits per heavy atom. The summed E-state index contributed by atoms with van der Waals surface area (Å²) in [5, 5.41) is 0. The summed E-state index contributed by atoms with van der Waals surface area (Å²) in [4.78, 5) is 13.3. The Hall–Kier alpha value is -1.81. The molecule has 1 aromatic rings. The number of carbonyl (C=O) groups is 1. The van der Waals surface area contributed by atoms with Crippen molar-refractivity contribution in [1.82, 2.24) is 0 Å². The molecule has 0 aliphatic carbocycles. The van der Waals surface area contributed by atoms with Crippen LogP contribution in [0.5, 0.6) is 5.75 Å². The molecule has 0 saturated carbocycles. The smallest absolute Gasteiger partial charge is 0.265 e. The van der Waals surface area contributed by atoms with Crippen LogP contribution in [0.4, 0.5) is 5.69 Å². The summed E-state index contributed by atoms with van der Waals surface area (Å²) in [6, 6.07) is 5.63. The summed E-state index contributed by atoms with van der Waals surface area (Å²) in [6.07, 6.45) is 1.70. The minimum atomic E-state index is -0.0482. The third kappa shape index (κ3) is 1.79. The Balaban J connectivity index is 2.40. The molecule has 1 aliphatic heterocycles. The minimum absolute atomic E-state index is 0.0482. The van der Waals surface area contributed by atoms with Crippen molar-refractivity contribution in [2.45, 2.75) is 6.54 Å². The first kappa shape index (κ1) is 10.7. The maximum absolute atomic E-state index is 11.6. The number of rotatable bonds is 3. The van der Waals surface area contributed by atoms with E-state index in [4.69, 9.17) is 10.5 Å². The lowest BCUT2D eigenvalue weighted by atomic mass is 10.1. The second-order valence-corrected chi connectivity index (χ2v) is 3.59. The molecule has 84 valence electrons. The molecule has 4 nitrogen and oxygen atoms in total. The van der Waals surface area contributed by atoms with Gasteiger partial charge in [-0.05, 0) is 17.7 Å². The lowest BCUT2D eigenvalue weighted by Gasteiger charge is -2.28. The molecule has 0 saturated heterocycles. The number of fused-ring (bicyclic) bond motifs is 1. The van der Waals surface area contributed by atoms with Crippen LogP contribution in [0, 0.1) is 0 Å². The molecule has 2 rings (SSSR count). The van der Waals surface area contributed by atoms with Crippen LogP contribution >= 0.6 is 0 Å². The van der Waals surface area contributed by atoms with Gasteiger partial charge in [-0.15, -0.1) is 6.58 Å². The van der Waals surface area contributed by atoms with Gasteiger partial charge in [0.05, 0.1) is 5.69 Å². The van der Waals surface area contributed by atoms with E-state index in [1.165, 1.54) is 0 Å². The van der Waals surface area contributed by atoms with Crippen molar-refractivity contribution < 1.29 is 9.53 Å². The van der Waals surface area contributed by atoms with E-state index in [9.17, 15) is 4.79 Å². The molecule has 0 aromatic heterocycles. The standard InChI is InChI=1S/C12H14N2O2/c1-2-5-14-10-4-3-9(7-13)6-11(10)16-8-12(14)15/h2-4,6H,1,5,7-8,13H2. The van der Waals surface area contributed by atoms with E-state index in [1.807, 2.05) is 18.2 Å². The van der Waals surface area contributed by atoms with Crippen LogP contribution in [-0.2, 0) is 11.3 Å². The first-order chi connectivity index (χ1) is 7.76. The van der Waals surface area contributed by atoms with E-state index >= 15 is 0 Å². The van der Waals surface area contributed by atoms with Gasteiger partial charge in [-0.3, -0.25) is 4.79 Å². The maximum Gasteiger partial charge on any atom is 0.265 e. The quantitative estimate of drug-likeness (QED) is 0.772. The summed E-state index contributed by atoms with van der Waals surface area (Å²) in [7, 11) is 0. The molecule has 0 fully saturated rings. The van der Waals surface area contributed by atoms with Crippen LogP contribution in [0.3, 0.4) is 0 Å². The Kier molecular flexibility index (Phi) is 2.92.